The van der Waals surface area contributed by atoms with E-state index in [2.05, 4.69) is 15.9 Å². The van der Waals surface area contributed by atoms with Gasteiger partial charge in [0.25, 0.3) is 0 Å². The Kier molecular flexibility index (Phi) is 5.16. The predicted molar refractivity (Wildman–Crippen MR) is 89.4 cm³/mol. The summed E-state index contributed by atoms with van der Waals surface area (Å²) in [6.45, 7) is 0.168. The van der Waals surface area contributed by atoms with Gasteiger partial charge in [-0.1, -0.05) is 12.8 Å². The summed E-state index contributed by atoms with van der Waals surface area (Å²) in [6, 6.07) is 3.77. The molecule has 2 aliphatic rings. The first-order valence-corrected chi connectivity index (χ1v) is 9.40. The molecule has 1 aromatic heterocycles. The smallest absolute Gasteiger partial charge is 0.311 e. The largest absolute Gasteiger partial charge is 0.457 e. The molecule has 124 valence electrons. The summed E-state index contributed by atoms with van der Waals surface area (Å²) in [5, 5.41) is 0. The van der Waals surface area contributed by atoms with Crippen LogP contribution in [0.5, 0.6) is 0 Å². The van der Waals surface area contributed by atoms with Gasteiger partial charge < -0.3 is 9.64 Å². The Hall–Kier alpha value is -1.21. The molecule has 0 aromatic carbocycles. The van der Waals surface area contributed by atoms with E-state index in [4.69, 9.17) is 4.74 Å². The molecule has 1 aromatic rings. The number of carbonyl (C=O) groups excluding carboxylic acids is 3. The van der Waals surface area contributed by atoms with E-state index < -0.39 is 11.9 Å². The van der Waals surface area contributed by atoms with Gasteiger partial charge in [0.2, 0.25) is 11.7 Å². The molecule has 1 aliphatic heterocycles. The van der Waals surface area contributed by atoms with Crippen LogP contribution in [0.15, 0.2) is 15.9 Å². The van der Waals surface area contributed by atoms with Gasteiger partial charge in [-0.05, 0) is 40.9 Å². The number of halogens is 1. The number of thiophene rings is 1. The highest BCUT2D eigenvalue weighted by atomic mass is 79.9. The monoisotopic (exact) mass is 399 g/mol. The van der Waals surface area contributed by atoms with Gasteiger partial charge in [-0.25, -0.2) is 0 Å². The van der Waals surface area contributed by atoms with E-state index in [1.165, 1.54) is 11.3 Å². The molecule has 7 heteroatoms. The van der Waals surface area contributed by atoms with Crippen LogP contribution in [0.3, 0.4) is 0 Å². The second kappa shape index (κ2) is 7.13. The Morgan fingerprint density at radius 1 is 1.30 bits per heavy atom. The molecule has 1 amide bonds. The second-order valence-corrected chi connectivity index (χ2v) is 8.48. The van der Waals surface area contributed by atoms with E-state index in [1.54, 1.807) is 12.1 Å². The van der Waals surface area contributed by atoms with E-state index in [9.17, 15) is 14.4 Å². The number of rotatable bonds is 5. The van der Waals surface area contributed by atoms with Crippen molar-refractivity contribution >= 4 is 44.9 Å². The van der Waals surface area contributed by atoms with Crippen LogP contribution >= 0.6 is 27.3 Å². The fraction of sp³-hybridized carbons (Fsp3) is 0.562. The maximum atomic E-state index is 12.1. The number of amides is 1. The molecule has 1 atom stereocenters. The molecule has 0 radical (unpaired) electrons. The van der Waals surface area contributed by atoms with E-state index in [-0.39, 0.29) is 30.8 Å². The topological polar surface area (TPSA) is 63.7 Å². The first-order chi connectivity index (χ1) is 11.0. The summed E-state index contributed by atoms with van der Waals surface area (Å²) >= 11 is 4.61. The fourth-order valence-corrected chi connectivity index (χ4v) is 4.56. The van der Waals surface area contributed by atoms with Crippen molar-refractivity contribution in [3.63, 3.8) is 0 Å². The fourth-order valence-electron chi connectivity index (χ4n) is 3.25. The SMILES string of the molecule is O=C(COC(=O)[C@H]1CC(=O)N(C2CCCC2)C1)c1ccc(Br)s1. The van der Waals surface area contributed by atoms with Crippen LogP contribution < -0.4 is 0 Å². The van der Waals surface area contributed by atoms with Crippen molar-refractivity contribution in [1.82, 2.24) is 4.90 Å². The molecule has 23 heavy (non-hydrogen) atoms. The zero-order valence-electron chi connectivity index (χ0n) is 12.6. The molecule has 2 fully saturated rings. The number of Topliss-reactive ketones (excluding diaryl/α,β-unsaturated/α-hetero) is 1. The summed E-state index contributed by atoms with van der Waals surface area (Å²) in [5.74, 6) is -1.06. The molecule has 2 heterocycles. The molecule has 1 saturated heterocycles. The zero-order chi connectivity index (χ0) is 16.4. The minimum atomic E-state index is -0.442. The summed E-state index contributed by atoms with van der Waals surface area (Å²) in [4.78, 5) is 38.6. The number of carbonyl (C=O) groups is 3. The third-order valence-electron chi connectivity index (χ3n) is 4.45. The van der Waals surface area contributed by atoms with Crippen molar-refractivity contribution in [2.75, 3.05) is 13.2 Å². The van der Waals surface area contributed by atoms with Gasteiger partial charge in [-0.3, -0.25) is 14.4 Å². The van der Waals surface area contributed by atoms with Crippen molar-refractivity contribution in [2.45, 2.75) is 38.1 Å². The van der Waals surface area contributed by atoms with E-state index in [0.717, 1.165) is 29.5 Å². The van der Waals surface area contributed by atoms with Crippen LogP contribution in [0.25, 0.3) is 0 Å². The quantitative estimate of drug-likeness (QED) is 0.563. The number of esters is 1. The van der Waals surface area contributed by atoms with Crippen LogP contribution in [0.4, 0.5) is 0 Å². The number of ether oxygens (including phenoxy) is 1. The molecular weight excluding hydrogens is 382 g/mol. The van der Waals surface area contributed by atoms with E-state index in [1.807, 2.05) is 4.90 Å². The van der Waals surface area contributed by atoms with Crippen molar-refractivity contribution in [1.29, 1.82) is 0 Å². The average Bonchev–Trinajstić information content (AvgIpc) is 3.24. The standard InChI is InChI=1S/C16H18BrNO4S/c17-14-6-5-13(23-14)12(19)9-22-16(21)10-7-15(20)18(8-10)11-3-1-2-4-11/h5-6,10-11H,1-4,7-9H2/t10-/m0/s1. The van der Waals surface area contributed by atoms with Gasteiger partial charge in [0.15, 0.2) is 6.61 Å². The Bertz CT molecular complexity index is 623. The Morgan fingerprint density at radius 2 is 2.04 bits per heavy atom. The van der Waals surface area contributed by atoms with Crippen LogP contribution in [0, 0.1) is 5.92 Å². The molecule has 3 rings (SSSR count). The number of nitrogens with zero attached hydrogens (tertiary/aromatic N) is 1. The summed E-state index contributed by atoms with van der Waals surface area (Å²) < 4.78 is 6.00. The Labute approximate surface area is 147 Å². The minimum absolute atomic E-state index is 0.0346. The minimum Gasteiger partial charge on any atom is -0.457 e. The first kappa shape index (κ1) is 16.6. The number of likely N-dealkylation sites (tertiary alicyclic amines) is 1. The first-order valence-electron chi connectivity index (χ1n) is 7.79. The average molecular weight is 400 g/mol. The second-order valence-electron chi connectivity index (χ2n) is 6.02. The molecule has 0 bridgehead atoms. The number of hydrogen-bond acceptors (Lipinski definition) is 5. The highest BCUT2D eigenvalue weighted by Gasteiger charge is 2.39. The summed E-state index contributed by atoms with van der Waals surface area (Å²) in [7, 11) is 0. The number of ketones is 1. The van der Waals surface area contributed by atoms with Crippen LogP contribution in [0.2, 0.25) is 0 Å². The molecular formula is C16H18BrNO4S. The molecule has 1 saturated carbocycles. The lowest BCUT2D eigenvalue weighted by atomic mass is 10.1. The van der Waals surface area contributed by atoms with Gasteiger partial charge in [-0.2, -0.15) is 0 Å². The highest BCUT2D eigenvalue weighted by molar-refractivity contribution is 9.11. The Balaban J connectivity index is 1.50. The van der Waals surface area contributed by atoms with E-state index >= 15 is 0 Å². The van der Waals surface area contributed by atoms with Gasteiger partial charge in [0.05, 0.1) is 14.6 Å². The molecule has 0 unspecified atom stereocenters. The molecule has 5 nitrogen and oxygen atoms in total. The highest BCUT2D eigenvalue weighted by Crippen LogP contribution is 2.30. The maximum absolute atomic E-state index is 12.1. The van der Waals surface area contributed by atoms with E-state index in [0.29, 0.717) is 11.4 Å². The maximum Gasteiger partial charge on any atom is 0.311 e. The van der Waals surface area contributed by atoms with Crippen LogP contribution in [0.1, 0.15) is 41.8 Å². The summed E-state index contributed by atoms with van der Waals surface area (Å²) in [6.07, 6.45) is 4.55. The third kappa shape index (κ3) is 3.83. The summed E-state index contributed by atoms with van der Waals surface area (Å²) in [5.41, 5.74) is 0. The van der Waals surface area contributed by atoms with Crippen LogP contribution in [-0.2, 0) is 14.3 Å². The van der Waals surface area contributed by atoms with Crippen molar-refractivity contribution in [2.24, 2.45) is 5.92 Å². The van der Waals surface area contributed by atoms with Crippen LogP contribution in [-0.4, -0.2) is 41.8 Å². The lowest BCUT2D eigenvalue weighted by Gasteiger charge is -2.23. The van der Waals surface area contributed by atoms with Gasteiger partial charge in [-0.15, -0.1) is 11.3 Å². The predicted octanol–water partition coefficient (Wildman–Crippen LogP) is 3.03. The van der Waals surface area contributed by atoms with Crippen molar-refractivity contribution in [3.8, 4) is 0 Å². The lowest BCUT2D eigenvalue weighted by molar-refractivity contribution is -0.147. The number of hydrogen-bond donors (Lipinski definition) is 0. The van der Waals surface area contributed by atoms with Gasteiger partial charge >= 0.3 is 5.97 Å². The molecule has 1 aliphatic carbocycles. The third-order valence-corrected chi connectivity index (χ3v) is 6.12. The molecule has 0 spiro atoms. The zero-order valence-corrected chi connectivity index (χ0v) is 15.0. The van der Waals surface area contributed by atoms with Crippen molar-refractivity contribution < 1.29 is 19.1 Å². The lowest BCUT2D eigenvalue weighted by Crippen LogP contribution is -2.35. The van der Waals surface area contributed by atoms with Gasteiger partial charge in [0.1, 0.15) is 0 Å². The Morgan fingerprint density at radius 3 is 2.70 bits per heavy atom. The normalized spacial score (nSPS) is 21.9. The molecule has 0 N–H and O–H groups in total. The van der Waals surface area contributed by atoms with Gasteiger partial charge in [0, 0.05) is 19.0 Å². The van der Waals surface area contributed by atoms with Crippen molar-refractivity contribution in [3.05, 3.63) is 20.8 Å².